The topological polar surface area (TPSA) is 14.1 Å². The minimum absolute atomic E-state index is 1.14. The lowest BCUT2D eigenvalue weighted by Crippen LogP contribution is -2.22. The monoisotopic (exact) mass is 284 g/mol. The van der Waals surface area contributed by atoms with Crippen LogP contribution in [0.3, 0.4) is 0 Å². The molecule has 0 amide bonds. The van der Waals surface area contributed by atoms with Crippen LogP contribution in [-0.4, -0.2) is 0 Å². The molecule has 0 bridgehead atoms. The lowest BCUT2D eigenvalue weighted by molar-refractivity contribution is 0.566. The first kappa shape index (κ1) is 16.1. The molecule has 1 aromatic rings. The summed E-state index contributed by atoms with van der Waals surface area (Å²) in [4.78, 5) is 0. The van der Waals surface area contributed by atoms with Gasteiger partial charge in [0.15, 0.2) is 0 Å². The summed E-state index contributed by atoms with van der Waals surface area (Å²) in [5, 5.41) is 7.46. The van der Waals surface area contributed by atoms with Gasteiger partial charge in [-0.2, -0.15) is 0 Å². The third kappa shape index (κ3) is 4.91. The van der Waals surface area contributed by atoms with Crippen LogP contribution in [0, 0.1) is 0 Å². The molecule has 1 aliphatic rings. The van der Waals surface area contributed by atoms with Gasteiger partial charge in [0, 0.05) is 21.8 Å². The molecule has 0 atom stereocenters. The van der Waals surface area contributed by atoms with Crippen LogP contribution in [0.4, 0.5) is 0 Å². The molecule has 2 rings (SSSR count). The van der Waals surface area contributed by atoms with E-state index in [1.54, 1.807) is 0 Å². The van der Waals surface area contributed by atoms with Crippen molar-refractivity contribution < 1.29 is 0 Å². The van der Waals surface area contributed by atoms with E-state index in [-0.39, 0.29) is 0 Å². The first-order valence-electron chi connectivity index (χ1n) is 8.84. The molecule has 21 heavy (non-hydrogen) atoms. The maximum absolute atomic E-state index is 4.76. The molecule has 0 aromatic heterocycles. The van der Waals surface area contributed by atoms with Crippen molar-refractivity contribution in [3.05, 3.63) is 34.7 Å². The normalized spacial score (nSPS) is 13.4. The van der Waals surface area contributed by atoms with E-state index < -0.39 is 0 Å². The maximum atomic E-state index is 4.76. The summed E-state index contributed by atoms with van der Waals surface area (Å²) in [5.74, 6) is 0. The van der Waals surface area contributed by atoms with Crippen molar-refractivity contribution in [2.45, 2.75) is 78.1 Å². The Morgan fingerprint density at radius 3 is 2.00 bits per heavy atom. The number of nitrogens with zero attached hydrogens (tertiary/aromatic N) is 1. The summed E-state index contributed by atoms with van der Waals surface area (Å²) in [7, 11) is 0. The zero-order chi connectivity index (χ0) is 14.9. The van der Waals surface area contributed by atoms with E-state index in [1.807, 2.05) is 0 Å². The fourth-order valence-corrected chi connectivity index (χ4v) is 3.17. The van der Waals surface area contributed by atoms with E-state index in [0.29, 0.717) is 0 Å². The van der Waals surface area contributed by atoms with Crippen molar-refractivity contribution >= 4 is 11.4 Å². The standard InChI is InChI=1S/C20H30N/c1-3-4-5-6-7-8-9-10-11-16-20-19-15-13-12-14-18(19)17(2)21-20/h12-15H,3-11,16H2,1-2H3. The van der Waals surface area contributed by atoms with Crippen LogP contribution in [0.25, 0.3) is 11.4 Å². The second kappa shape index (κ2) is 8.92. The molecule has 1 aromatic carbocycles. The van der Waals surface area contributed by atoms with Gasteiger partial charge in [0.2, 0.25) is 0 Å². The molecule has 0 fully saturated rings. The van der Waals surface area contributed by atoms with Crippen LogP contribution in [0.5, 0.6) is 0 Å². The Balaban J connectivity index is 1.64. The van der Waals surface area contributed by atoms with Crippen molar-refractivity contribution in [2.24, 2.45) is 0 Å². The van der Waals surface area contributed by atoms with Gasteiger partial charge in [0.1, 0.15) is 0 Å². The van der Waals surface area contributed by atoms with Crippen molar-refractivity contribution in [1.82, 2.24) is 5.32 Å². The second-order valence-electron chi connectivity index (χ2n) is 6.27. The summed E-state index contributed by atoms with van der Waals surface area (Å²) >= 11 is 0. The first-order valence-corrected chi connectivity index (χ1v) is 8.84. The van der Waals surface area contributed by atoms with Crippen LogP contribution in [0.2, 0.25) is 0 Å². The minimum Gasteiger partial charge on any atom is -0.257 e. The highest BCUT2D eigenvalue weighted by atomic mass is 14.9. The molecular weight excluding hydrogens is 254 g/mol. The van der Waals surface area contributed by atoms with Crippen molar-refractivity contribution in [3.63, 3.8) is 0 Å². The van der Waals surface area contributed by atoms with E-state index in [9.17, 15) is 0 Å². The van der Waals surface area contributed by atoms with Crippen molar-refractivity contribution in [3.8, 4) is 0 Å². The maximum Gasteiger partial charge on any atom is 0.0485 e. The predicted molar refractivity (Wildman–Crippen MR) is 92.2 cm³/mol. The summed E-state index contributed by atoms with van der Waals surface area (Å²) < 4.78 is 0. The fourth-order valence-electron chi connectivity index (χ4n) is 3.17. The highest BCUT2D eigenvalue weighted by Gasteiger charge is 2.10. The molecule has 0 N–H and O–H groups in total. The highest BCUT2D eigenvalue weighted by molar-refractivity contribution is 5.62. The largest absolute Gasteiger partial charge is 0.257 e. The molecule has 0 aliphatic carbocycles. The van der Waals surface area contributed by atoms with Crippen LogP contribution >= 0.6 is 0 Å². The Labute approximate surface area is 130 Å². The number of fused-ring (bicyclic) bond motifs is 1. The molecule has 0 unspecified atom stereocenters. The quantitative estimate of drug-likeness (QED) is 0.563. The van der Waals surface area contributed by atoms with Gasteiger partial charge in [-0.15, -0.1) is 0 Å². The van der Waals surface area contributed by atoms with E-state index in [0.717, 1.165) is 6.42 Å². The van der Waals surface area contributed by atoms with Crippen LogP contribution in [0.15, 0.2) is 24.3 Å². The summed E-state index contributed by atoms with van der Waals surface area (Å²) in [5.41, 5.74) is 2.50. The third-order valence-corrected chi connectivity index (χ3v) is 4.45. The molecule has 1 aliphatic heterocycles. The summed E-state index contributed by atoms with van der Waals surface area (Å²) in [6.45, 7) is 4.41. The van der Waals surface area contributed by atoms with E-state index in [1.165, 1.54) is 79.6 Å². The molecule has 0 saturated heterocycles. The number of unbranched alkanes of at least 4 members (excludes halogenated alkanes) is 8. The highest BCUT2D eigenvalue weighted by Crippen LogP contribution is 2.14. The molecule has 0 saturated carbocycles. The van der Waals surface area contributed by atoms with Crippen LogP contribution in [0.1, 0.15) is 78.1 Å². The zero-order valence-electron chi connectivity index (χ0n) is 13.8. The SMILES string of the molecule is CCCCCCCCCCCC1=c2ccccc2=C(C)[N]1. The molecule has 1 nitrogen and oxygen atoms in total. The van der Waals surface area contributed by atoms with Gasteiger partial charge in [-0.05, 0) is 19.8 Å². The van der Waals surface area contributed by atoms with E-state index in [2.05, 4.69) is 38.1 Å². The van der Waals surface area contributed by atoms with Crippen LogP contribution < -0.4 is 15.8 Å². The van der Waals surface area contributed by atoms with Gasteiger partial charge < -0.3 is 0 Å². The van der Waals surface area contributed by atoms with E-state index >= 15 is 0 Å². The molecule has 115 valence electrons. The number of benzene rings is 1. The second-order valence-corrected chi connectivity index (χ2v) is 6.27. The predicted octanol–water partition coefficient (Wildman–Crippen LogP) is 4.46. The van der Waals surface area contributed by atoms with Gasteiger partial charge in [-0.3, -0.25) is 5.32 Å². The van der Waals surface area contributed by atoms with Crippen LogP contribution in [-0.2, 0) is 0 Å². The smallest absolute Gasteiger partial charge is 0.0485 e. The Bertz CT molecular complexity index is 541. The van der Waals surface area contributed by atoms with Crippen molar-refractivity contribution in [1.29, 1.82) is 0 Å². The van der Waals surface area contributed by atoms with Gasteiger partial charge in [0.05, 0.1) is 0 Å². The Hall–Kier alpha value is -1.24. The zero-order valence-corrected chi connectivity index (χ0v) is 13.8. The van der Waals surface area contributed by atoms with Gasteiger partial charge in [-0.25, -0.2) is 0 Å². The number of hydrogen-bond donors (Lipinski definition) is 0. The Kier molecular flexibility index (Phi) is 6.85. The summed E-state index contributed by atoms with van der Waals surface area (Å²) in [6, 6.07) is 8.65. The fraction of sp³-hybridized carbons (Fsp3) is 0.600. The molecule has 1 radical (unpaired) electrons. The Morgan fingerprint density at radius 1 is 0.762 bits per heavy atom. The minimum atomic E-state index is 1.14. The van der Waals surface area contributed by atoms with E-state index in [4.69, 9.17) is 5.32 Å². The molecule has 1 heterocycles. The van der Waals surface area contributed by atoms with Gasteiger partial charge in [-0.1, -0.05) is 82.6 Å². The van der Waals surface area contributed by atoms with Crippen molar-refractivity contribution in [2.75, 3.05) is 0 Å². The molecule has 1 heteroatoms. The first-order chi connectivity index (χ1) is 10.3. The average Bonchev–Trinajstić information content (AvgIpc) is 2.83. The average molecular weight is 284 g/mol. The third-order valence-electron chi connectivity index (χ3n) is 4.45. The lowest BCUT2D eigenvalue weighted by atomic mass is 10.1. The lowest BCUT2D eigenvalue weighted by Gasteiger charge is -2.04. The molecular formula is C20H30N. The summed E-state index contributed by atoms with van der Waals surface area (Å²) in [6.07, 6.45) is 13.6. The Morgan fingerprint density at radius 2 is 1.33 bits per heavy atom. The van der Waals surface area contributed by atoms with Gasteiger partial charge >= 0.3 is 0 Å². The molecule has 0 spiro atoms. The van der Waals surface area contributed by atoms with Gasteiger partial charge in [0.25, 0.3) is 0 Å². The number of hydrogen-bond acceptors (Lipinski definition) is 0. The number of rotatable bonds is 10.